The van der Waals surface area contributed by atoms with E-state index < -0.39 is 12.1 Å². The summed E-state index contributed by atoms with van der Waals surface area (Å²) in [6, 6.07) is 0.282. The molecular formula is C20H24F3N5O3S. The van der Waals surface area contributed by atoms with Crippen LogP contribution in [0.15, 0.2) is 24.1 Å². The molecule has 1 aliphatic heterocycles. The number of halogens is 3. The first-order chi connectivity index (χ1) is 15.1. The van der Waals surface area contributed by atoms with Gasteiger partial charge in [-0.25, -0.2) is 14.8 Å². The topological polar surface area (TPSA) is 108 Å². The van der Waals surface area contributed by atoms with Gasteiger partial charge in [-0.2, -0.15) is 13.2 Å². The number of carbonyl (C=O) groups excluding carboxylic acids is 1. The number of alkyl halides is 3. The third-order valence-corrected chi connectivity index (χ3v) is 6.78. The number of carbonyl (C=O) groups is 2. The van der Waals surface area contributed by atoms with Gasteiger partial charge in [-0.15, -0.1) is 11.3 Å². The monoisotopic (exact) mass is 471 g/mol. The summed E-state index contributed by atoms with van der Waals surface area (Å²) < 4.78 is 31.7. The van der Waals surface area contributed by atoms with Crippen molar-refractivity contribution >= 4 is 23.2 Å². The van der Waals surface area contributed by atoms with Crippen molar-refractivity contribution in [3.05, 3.63) is 40.4 Å². The Balaban J connectivity index is 0.000000360. The van der Waals surface area contributed by atoms with E-state index in [0.29, 0.717) is 11.1 Å². The van der Waals surface area contributed by atoms with Crippen molar-refractivity contribution in [2.24, 2.45) is 5.41 Å². The van der Waals surface area contributed by atoms with Crippen molar-refractivity contribution in [2.75, 3.05) is 13.1 Å². The molecule has 2 N–H and O–H groups in total. The second-order valence-corrected chi connectivity index (χ2v) is 9.05. The number of aryl methyl sites for hydroxylation is 1. The Morgan fingerprint density at radius 2 is 1.91 bits per heavy atom. The zero-order valence-electron chi connectivity index (χ0n) is 17.4. The zero-order valence-corrected chi connectivity index (χ0v) is 18.2. The lowest BCUT2D eigenvalue weighted by Crippen LogP contribution is -2.54. The van der Waals surface area contributed by atoms with E-state index in [9.17, 15) is 18.0 Å². The first-order valence-corrected chi connectivity index (χ1v) is 10.9. The van der Waals surface area contributed by atoms with Gasteiger partial charge in [0.25, 0.3) is 5.91 Å². The summed E-state index contributed by atoms with van der Waals surface area (Å²) in [5, 5.41) is 10.2. The van der Waals surface area contributed by atoms with Crippen LogP contribution in [-0.2, 0) is 11.3 Å². The van der Waals surface area contributed by atoms with Crippen molar-refractivity contribution in [2.45, 2.75) is 51.4 Å². The Labute approximate surface area is 186 Å². The van der Waals surface area contributed by atoms with Gasteiger partial charge in [-0.3, -0.25) is 14.7 Å². The summed E-state index contributed by atoms with van der Waals surface area (Å²) in [6.45, 7) is 5.40. The third-order valence-electron chi connectivity index (χ3n) is 5.86. The van der Waals surface area contributed by atoms with E-state index in [-0.39, 0.29) is 11.9 Å². The van der Waals surface area contributed by atoms with E-state index in [2.05, 4.69) is 32.1 Å². The second kappa shape index (κ2) is 9.90. The molecule has 12 heteroatoms. The Hall–Kier alpha value is -2.60. The number of thiazole rings is 1. The van der Waals surface area contributed by atoms with Crippen LogP contribution < -0.4 is 5.32 Å². The van der Waals surface area contributed by atoms with E-state index in [1.807, 2.05) is 5.51 Å². The van der Waals surface area contributed by atoms with Gasteiger partial charge < -0.3 is 10.4 Å². The minimum atomic E-state index is -5.08. The average molecular weight is 472 g/mol. The molecule has 174 valence electrons. The number of aromatic nitrogens is 3. The second-order valence-electron chi connectivity index (χ2n) is 8.11. The fourth-order valence-corrected chi connectivity index (χ4v) is 4.86. The van der Waals surface area contributed by atoms with Gasteiger partial charge in [0.05, 0.1) is 17.4 Å². The van der Waals surface area contributed by atoms with Gasteiger partial charge >= 0.3 is 12.1 Å². The molecule has 2 aliphatic rings. The number of nitrogens with one attached hydrogen (secondary N) is 1. The molecule has 1 amide bonds. The number of carboxylic acids is 1. The van der Waals surface area contributed by atoms with E-state index in [0.717, 1.165) is 32.5 Å². The fourth-order valence-electron chi connectivity index (χ4n) is 4.04. The Kier molecular flexibility index (Phi) is 7.44. The lowest BCUT2D eigenvalue weighted by Gasteiger charge is -2.52. The normalized spacial score (nSPS) is 18.4. The molecule has 1 saturated carbocycles. The predicted octanol–water partition coefficient (Wildman–Crippen LogP) is 3.05. The summed E-state index contributed by atoms with van der Waals surface area (Å²) in [5.74, 6) is -2.86. The first kappa shape index (κ1) is 24.1. The molecule has 4 rings (SSSR count). The van der Waals surface area contributed by atoms with Crippen molar-refractivity contribution in [1.29, 1.82) is 0 Å². The summed E-state index contributed by atoms with van der Waals surface area (Å²) >= 11 is 1.76. The van der Waals surface area contributed by atoms with Gasteiger partial charge in [0.15, 0.2) is 0 Å². The first-order valence-electron chi connectivity index (χ1n) is 10.1. The summed E-state index contributed by atoms with van der Waals surface area (Å²) in [4.78, 5) is 37.3. The molecule has 2 fully saturated rings. The Bertz CT molecular complexity index is 922. The van der Waals surface area contributed by atoms with Crippen molar-refractivity contribution in [1.82, 2.24) is 25.2 Å². The molecule has 0 atom stereocenters. The van der Waals surface area contributed by atoms with Crippen LogP contribution in [0, 0.1) is 12.3 Å². The zero-order chi connectivity index (χ0) is 23.4. The van der Waals surface area contributed by atoms with E-state index >= 15 is 0 Å². The number of piperidine rings is 1. The number of hydrogen-bond donors (Lipinski definition) is 2. The number of carboxylic acid groups (broad SMARTS) is 1. The maximum atomic E-state index is 12.2. The maximum Gasteiger partial charge on any atom is 0.490 e. The van der Waals surface area contributed by atoms with Gasteiger partial charge in [0.2, 0.25) is 0 Å². The standard InChI is InChI=1S/C18H23N5OS.C2HF3O2/c1-13-16(25-12-21-13)11-23-6-2-18(3-7-23)8-14(9-18)22-17(24)15-10-19-4-5-20-15;3-2(4,5)1(6)7/h4-5,10,12,14H,2-3,6-9,11H2,1H3,(H,22,24);(H,6,7). The van der Waals surface area contributed by atoms with E-state index in [1.165, 1.54) is 29.6 Å². The molecule has 3 heterocycles. The Morgan fingerprint density at radius 1 is 1.25 bits per heavy atom. The smallest absolute Gasteiger partial charge is 0.475 e. The van der Waals surface area contributed by atoms with Gasteiger partial charge in [0.1, 0.15) is 5.69 Å². The predicted molar refractivity (Wildman–Crippen MR) is 110 cm³/mol. The van der Waals surface area contributed by atoms with Crippen LogP contribution in [0.1, 0.15) is 46.7 Å². The minimum absolute atomic E-state index is 0.106. The SMILES string of the molecule is Cc1ncsc1CN1CCC2(CC1)CC(NC(=O)c1cnccn1)C2.O=C(O)C(F)(F)F. The molecule has 0 bridgehead atoms. The number of likely N-dealkylation sites (tertiary alicyclic amines) is 1. The van der Waals surface area contributed by atoms with Gasteiger partial charge in [-0.1, -0.05) is 0 Å². The number of rotatable bonds is 4. The van der Waals surface area contributed by atoms with Crippen molar-refractivity contribution in [3.8, 4) is 0 Å². The van der Waals surface area contributed by atoms with E-state index in [1.54, 1.807) is 23.7 Å². The van der Waals surface area contributed by atoms with Crippen LogP contribution in [0.4, 0.5) is 13.2 Å². The summed E-state index contributed by atoms with van der Waals surface area (Å²) in [7, 11) is 0. The molecule has 0 radical (unpaired) electrons. The van der Waals surface area contributed by atoms with Crippen LogP contribution >= 0.6 is 11.3 Å². The molecule has 1 spiro atoms. The molecule has 1 aliphatic carbocycles. The maximum absolute atomic E-state index is 12.2. The molecule has 32 heavy (non-hydrogen) atoms. The van der Waals surface area contributed by atoms with Gasteiger partial charge in [-0.05, 0) is 51.1 Å². The molecule has 2 aromatic heterocycles. The molecule has 2 aromatic rings. The quantitative estimate of drug-likeness (QED) is 0.706. The lowest BCUT2D eigenvalue weighted by atomic mass is 9.60. The molecule has 8 nitrogen and oxygen atoms in total. The molecule has 0 unspecified atom stereocenters. The highest BCUT2D eigenvalue weighted by atomic mass is 32.1. The van der Waals surface area contributed by atoms with Crippen LogP contribution in [0.3, 0.4) is 0 Å². The fraction of sp³-hybridized carbons (Fsp3) is 0.550. The molecular weight excluding hydrogens is 447 g/mol. The van der Waals surface area contributed by atoms with Crippen molar-refractivity contribution < 1.29 is 27.9 Å². The van der Waals surface area contributed by atoms with Gasteiger partial charge in [0, 0.05) is 29.9 Å². The minimum Gasteiger partial charge on any atom is -0.475 e. The van der Waals surface area contributed by atoms with Crippen LogP contribution in [-0.4, -0.2) is 62.1 Å². The highest BCUT2D eigenvalue weighted by Gasteiger charge is 2.46. The number of nitrogens with zero attached hydrogens (tertiary/aromatic N) is 4. The summed E-state index contributed by atoms with van der Waals surface area (Å²) in [5.41, 5.74) is 3.94. The van der Waals surface area contributed by atoms with Crippen LogP contribution in [0.25, 0.3) is 0 Å². The Morgan fingerprint density at radius 3 is 2.41 bits per heavy atom. The highest BCUT2D eigenvalue weighted by molar-refractivity contribution is 7.09. The number of aliphatic carboxylic acids is 1. The molecule has 1 saturated heterocycles. The summed E-state index contributed by atoms with van der Waals surface area (Å²) in [6.07, 6.45) is 4.20. The molecule has 0 aromatic carbocycles. The third kappa shape index (κ3) is 6.22. The number of hydrogen-bond acceptors (Lipinski definition) is 7. The lowest BCUT2D eigenvalue weighted by molar-refractivity contribution is -0.192. The number of amides is 1. The van der Waals surface area contributed by atoms with Crippen LogP contribution in [0.2, 0.25) is 0 Å². The largest absolute Gasteiger partial charge is 0.490 e. The van der Waals surface area contributed by atoms with E-state index in [4.69, 9.17) is 9.90 Å². The average Bonchev–Trinajstić information content (AvgIpc) is 3.13. The van der Waals surface area contributed by atoms with Crippen molar-refractivity contribution in [3.63, 3.8) is 0 Å². The highest BCUT2D eigenvalue weighted by Crippen LogP contribution is 2.49. The van der Waals surface area contributed by atoms with Crippen LogP contribution in [0.5, 0.6) is 0 Å².